The van der Waals surface area contributed by atoms with E-state index in [9.17, 15) is 0 Å². The maximum absolute atomic E-state index is 6.21. The van der Waals surface area contributed by atoms with Crippen LogP contribution in [0.5, 0.6) is 0 Å². The van der Waals surface area contributed by atoms with Gasteiger partial charge in [0.2, 0.25) is 0 Å². The Labute approximate surface area is 125 Å². The molecule has 3 heteroatoms. The second-order valence-electron chi connectivity index (χ2n) is 7.69. The maximum atomic E-state index is 6.21. The van der Waals surface area contributed by atoms with Crippen LogP contribution in [0.4, 0.5) is 0 Å². The molecule has 0 amide bonds. The van der Waals surface area contributed by atoms with Crippen LogP contribution in [0.15, 0.2) is 0 Å². The maximum Gasteiger partial charge on any atom is 0.0710 e. The standard InChI is InChI=1S/C17H34N2O/c1-6-7-14-10-18-16(13(2)3)12-19(14)11-15-8-9-17(4,5)20-15/h13-16,18H,6-12H2,1-5H3. The smallest absolute Gasteiger partial charge is 0.0710 e. The van der Waals surface area contributed by atoms with Crippen molar-refractivity contribution in [1.82, 2.24) is 10.2 Å². The van der Waals surface area contributed by atoms with E-state index in [-0.39, 0.29) is 5.60 Å². The molecule has 2 saturated heterocycles. The van der Waals surface area contributed by atoms with Crippen LogP contribution < -0.4 is 5.32 Å². The van der Waals surface area contributed by atoms with Gasteiger partial charge in [-0.2, -0.15) is 0 Å². The molecular weight excluding hydrogens is 248 g/mol. The van der Waals surface area contributed by atoms with Crippen LogP contribution >= 0.6 is 0 Å². The minimum atomic E-state index is 0.0937. The fraction of sp³-hybridized carbons (Fsp3) is 1.00. The van der Waals surface area contributed by atoms with Crippen molar-refractivity contribution in [2.45, 2.75) is 84.1 Å². The molecule has 3 unspecified atom stereocenters. The molecule has 1 N–H and O–H groups in total. The van der Waals surface area contributed by atoms with Crippen molar-refractivity contribution in [3.63, 3.8) is 0 Å². The zero-order valence-electron chi connectivity index (χ0n) is 14.1. The molecule has 0 aromatic heterocycles. The summed E-state index contributed by atoms with van der Waals surface area (Å²) in [4.78, 5) is 2.71. The van der Waals surface area contributed by atoms with Gasteiger partial charge >= 0.3 is 0 Å². The lowest BCUT2D eigenvalue weighted by molar-refractivity contribution is -0.0403. The summed E-state index contributed by atoms with van der Waals surface area (Å²) in [6.45, 7) is 14.9. The van der Waals surface area contributed by atoms with E-state index < -0.39 is 0 Å². The van der Waals surface area contributed by atoms with Gasteiger partial charge in [-0.05, 0) is 39.0 Å². The van der Waals surface area contributed by atoms with Gasteiger partial charge in [0.1, 0.15) is 0 Å². The summed E-state index contributed by atoms with van der Waals surface area (Å²) in [6, 6.07) is 1.33. The summed E-state index contributed by atoms with van der Waals surface area (Å²) in [7, 11) is 0. The highest BCUT2D eigenvalue weighted by molar-refractivity contribution is 4.90. The fourth-order valence-corrected chi connectivity index (χ4v) is 3.64. The van der Waals surface area contributed by atoms with E-state index in [0.29, 0.717) is 24.1 Å². The molecule has 2 rings (SSSR count). The van der Waals surface area contributed by atoms with Crippen LogP contribution in [0.3, 0.4) is 0 Å². The third kappa shape index (κ3) is 4.19. The van der Waals surface area contributed by atoms with Crippen molar-refractivity contribution in [2.24, 2.45) is 5.92 Å². The molecule has 3 atom stereocenters. The van der Waals surface area contributed by atoms with Gasteiger partial charge < -0.3 is 10.1 Å². The minimum Gasteiger partial charge on any atom is -0.371 e. The second kappa shape index (κ2) is 6.76. The Morgan fingerprint density at radius 3 is 2.65 bits per heavy atom. The summed E-state index contributed by atoms with van der Waals surface area (Å²) in [5.41, 5.74) is 0.0937. The Hall–Kier alpha value is -0.120. The molecule has 20 heavy (non-hydrogen) atoms. The van der Waals surface area contributed by atoms with Crippen LogP contribution in [-0.2, 0) is 4.74 Å². The van der Waals surface area contributed by atoms with Crippen LogP contribution in [0.1, 0.15) is 60.3 Å². The van der Waals surface area contributed by atoms with Crippen LogP contribution in [0, 0.1) is 5.92 Å². The van der Waals surface area contributed by atoms with Crippen molar-refractivity contribution in [2.75, 3.05) is 19.6 Å². The Morgan fingerprint density at radius 2 is 2.10 bits per heavy atom. The van der Waals surface area contributed by atoms with Gasteiger partial charge in [0.15, 0.2) is 0 Å². The van der Waals surface area contributed by atoms with Gasteiger partial charge in [0.25, 0.3) is 0 Å². The highest BCUT2D eigenvalue weighted by atomic mass is 16.5. The third-order valence-electron chi connectivity index (χ3n) is 4.98. The molecule has 2 aliphatic rings. The van der Waals surface area contributed by atoms with Gasteiger partial charge in [0, 0.05) is 31.7 Å². The molecule has 0 aromatic rings. The van der Waals surface area contributed by atoms with E-state index in [2.05, 4.69) is 44.8 Å². The van der Waals surface area contributed by atoms with Gasteiger partial charge in [-0.3, -0.25) is 4.90 Å². The summed E-state index contributed by atoms with van der Waals surface area (Å²) in [5.74, 6) is 0.709. The van der Waals surface area contributed by atoms with Gasteiger partial charge in [-0.1, -0.05) is 27.2 Å². The molecule has 0 aliphatic carbocycles. The van der Waals surface area contributed by atoms with E-state index in [1.807, 2.05) is 0 Å². The van der Waals surface area contributed by atoms with E-state index in [1.165, 1.54) is 32.2 Å². The van der Waals surface area contributed by atoms with Crippen molar-refractivity contribution in [1.29, 1.82) is 0 Å². The molecule has 2 aliphatic heterocycles. The van der Waals surface area contributed by atoms with Crippen LogP contribution in [0.25, 0.3) is 0 Å². The number of hydrogen-bond acceptors (Lipinski definition) is 3. The summed E-state index contributed by atoms with van der Waals surface area (Å²) >= 11 is 0. The Kier molecular flexibility index (Phi) is 5.49. The van der Waals surface area contributed by atoms with E-state index in [0.717, 1.165) is 13.1 Å². The van der Waals surface area contributed by atoms with Crippen molar-refractivity contribution < 1.29 is 4.74 Å². The third-order valence-corrected chi connectivity index (χ3v) is 4.98. The molecule has 0 aromatic carbocycles. The largest absolute Gasteiger partial charge is 0.371 e. The molecular formula is C17H34N2O. The van der Waals surface area contributed by atoms with Gasteiger partial charge in [0.05, 0.1) is 11.7 Å². The number of piperazine rings is 1. The normalized spacial score (nSPS) is 34.8. The zero-order chi connectivity index (χ0) is 14.8. The molecule has 3 nitrogen and oxygen atoms in total. The molecule has 0 bridgehead atoms. The Balaban J connectivity index is 1.93. The molecule has 0 radical (unpaired) electrons. The highest BCUT2D eigenvalue weighted by Gasteiger charge is 2.36. The SMILES string of the molecule is CCCC1CNC(C(C)C)CN1CC1CCC(C)(C)O1. The lowest BCUT2D eigenvalue weighted by Crippen LogP contribution is -2.59. The quantitative estimate of drug-likeness (QED) is 0.839. The summed E-state index contributed by atoms with van der Waals surface area (Å²) in [6.07, 6.45) is 5.44. The van der Waals surface area contributed by atoms with Gasteiger partial charge in [-0.15, -0.1) is 0 Å². The van der Waals surface area contributed by atoms with Crippen molar-refractivity contribution in [3.8, 4) is 0 Å². The Bertz CT molecular complexity index is 303. The first-order chi connectivity index (χ1) is 9.41. The topological polar surface area (TPSA) is 24.5 Å². The van der Waals surface area contributed by atoms with E-state index in [1.54, 1.807) is 0 Å². The first-order valence-electron chi connectivity index (χ1n) is 8.56. The first-order valence-corrected chi connectivity index (χ1v) is 8.56. The molecule has 0 spiro atoms. The summed E-state index contributed by atoms with van der Waals surface area (Å²) in [5, 5.41) is 3.74. The lowest BCUT2D eigenvalue weighted by atomic mass is 9.97. The molecule has 2 heterocycles. The number of nitrogens with zero attached hydrogens (tertiary/aromatic N) is 1. The van der Waals surface area contributed by atoms with Crippen molar-refractivity contribution >= 4 is 0 Å². The van der Waals surface area contributed by atoms with Crippen molar-refractivity contribution in [3.05, 3.63) is 0 Å². The lowest BCUT2D eigenvalue weighted by Gasteiger charge is -2.43. The second-order valence-corrected chi connectivity index (χ2v) is 7.69. The number of nitrogens with one attached hydrogen (secondary N) is 1. The minimum absolute atomic E-state index is 0.0937. The zero-order valence-corrected chi connectivity index (χ0v) is 14.1. The highest BCUT2D eigenvalue weighted by Crippen LogP contribution is 2.30. The molecule has 2 fully saturated rings. The molecule has 118 valence electrons. The van der Waals surface area contributed by atoms with Crippen LogP contribution in [-0.4, -0.2) is 48.3 Å². The Morgan fingerprint density at radius 1 is 1.35 bits per heavy atom. The first kappa shape index (κ1) is 16.3. The van der Waals surface area contributed by atoms with E-state index in [4.69, 9.17) is 4.74 Å². The van der Waals surface area contributed by atoms with Crippen LogP contribution in [0.2, 0.25) is 0 Å². The molecule has 0 saturated carbocycles. The number of rotatable bonds is 5. The van der Waals surface area contributed by atoms with E-state index >= 15 is 0 Å². The predicted molar refractivity (Wildman–Crippen MR) is 85.1 cm³/mol. The average molecular weight is 282 g/mol. The average Bonchev–Trinajstić information content (AvgIpc) is 2.71. The van der Waals surface area contributed by atoms with Gasteiger partial charge in [-0.25, -0.2) is 0 Å². The summed E-state index contributed by atoms with van der Waals surface area (Å²) < 4.78 is 6.21. The number of hydrogen-bond donors (Lipinski definition) is 1. The monoisotopic (exact) mass is 282 g/mol. The number of ether oxygens (including phenoxy) is 1. The fourth-order valence-electron chi connectivity index (χ4n) is 3.64. The predicted octanol–water partition coefficient (Wildman–Crippen LogP) is 3.04.